The molecule has 2 rings (SSSR count). The van der Waals surface area contributed by atoms with Crippen LogP contribution in [0.25, 0.3) is 0 Å². The van der Waals surface area contributed by atoms with Crippen molar-refractivity contribution in [1.29, 1.82) is 0 Å². The predicted octanol–water partition coefficient (Wildman–Crippen LogP) is -1.51. The molecule has 0 saturated carbocycles. The molecule has 2 heterocycles. The maximum atomic E-state index is 12.4. The van der Waals surface area contributed by atoms with Crippen LogP contribution in [-0.2, 0) is 14.3 Å². The predicted molar refractivity (Wildman–Crippen MR) is 314 cm³/mol. The average Bonchev–Trinajstić information content (AvgIpc) is 1.09. The Morgan fingerprint density at radius 2 is 0.988 bits per heavy atom. The van der Waals surface area contributed by atoms with Crippen LogP contribution in [0.2, 0.25) is 0 Å². The van der Waals surface area contributed by atoms with Crippen LogP contribution < -0.4 is 5.32 Å². The molecule has 0 bridgehead atoms. The molecule has 0 aliphatic carbocycles. The van der Waals surface area contributed by atoms with Gasteiger partial charge in [0.2, 0.25) is 0 Å². The number of unbranched alkanes of at least 4 members (excludes halogenated alkanes) is 6. The number of rotatable bonds is 41. The third-order valence-electron chi connectivity index (χ3n) is 18.3. The van der Waals surface area contributed by atoms with Crippen LogP contribution in [0.15, 0.2) is 23.0 Å². The van der Waals surface area contributed by atoms with Gasteiger partial charge in [0.25, 0.3) is 5.91 Å². The summed E-state index contributed by atoms with van der Waals surface area (Å²) in [6.07, 6.45) is -28.2. The smallest absolute Gasteiger partial charge is 0.259 e. The fraction of sp³-hybridized carbons (Fsp3) is 0.902. The number of amides is 1. The molecular weight excluding hydrogens is 1130 g/mol. The van der Waals surface area contributed by atoms with Crippen molar-refractivity contribution in [2.75, 3.05) is 0 Å². The summed E-state index contributed by atoms with van der Waals surface area (Å²) in [7, 11) is 0. The van der Waals surface area contributed by atoms with Crippen LogP contribution in [0.3, 0.4) is 0 Å². The number of nitrogens with one attached hydrogen (secondary N) is 1. The van der Waals surface area contributed by atoms with E-state index in [1.54, 1.807) is 13.0 Å². The van der Waals surface area contributed by atoms with Gasteiger partial charge < -0.3 is 117 Å². The largest absolute Gasteiger partial charge is 0.507 e. The number of hydrogen-bond donors (Lipinski definition) is 22. The third-order valence-corrected chi connectivity index (χ3v) is 18.3. The minimum atomic E-state index is -2.59. The number of aliphatic hydroxyl groups is 21. The van der Waals surface area contributed by atoms with Gasteiger partial charge in [0.15, 0.2) is 11.6 Å². The third kappa shape index (κ3) is 23.4. The first-order valence-corrected chi connectivity index (χ1v) is 31.2. The maximum absolute atomic E-state index is 12.4. The van der Waals surface area contributed by atoms with E-state index in [4.69, 9.17) is 4.74 Å². The fourth-order valence-corrected chi connectivity index (χ4v) is 12.2. The van der Waals surface area contributed by atoms with Gasteiger partial charge in [-0.15, -0.1) is 0 Å². The van der Waals surface area contributed by atoms with Crippen LogP contribution in [0.1, 0.15) is 172 Å². The molecule has 86 heavy (non-hydrogen) atoms. The fourth-order valence-electron chi connectivity index (χ4n) is 12.2. The summed E-state index contributed by atoms with van der Waals surface area (Å²) in [5.41, 5.74) is 0.0276. The lowest BCUT2D eigenvalue weighted by Gasteiger charge is -2.47. The molecule has 2 fully saturated rings. The van der Waals surface area contributed by atoms with E-state index in [-0.39, 0.29) is 36.7 Å². The van der Waals surface area contributed by atoms with Crippen molar-refractivity contribution in [3.05, 3.63) is 23.0 Å². The Balaban J connectivity index is 1.88. The quantitative estimate of drug-likeness (QED) is 0.0143. The van der Waals surface area contributed by atoms with E-state index in [0.717, 1.165) is 38.5 Å². The molecule has 0 radical (unpaired) electrons. The zero-order valence-electron chi connectivity index (χ0n) is 52.2. The lowest BCUT2D eigenvalue weighted by atomic mass is 9.77. The molecule has 0 aromatic heterocycles. The van der Waals surface area contributed by atoms with E-state index in [2.05, 4.69) is 12.2 Å². The highest BCUT2D eigenvalue weighted by Gasteiger charge is 2.54. The Labute approximate surface area is 507 Å². The first kappa shape index (κ1) is 79.7. The van der Waals surface area contributed by atoms with Crippen LogP contribution in [-0.4, -0.2) is 253 Å². The minimum Gasteiger partial charge on any atom is -0.507 e. The van der Waals surface area contributed by atoms with Crippen molar-refractivity contribution in [3.8, 4) is 0 Å². The zero-order chi connectivity index (χ0) is 66.0. The lowest BCUT2D eigenvalue weighted by Crippen LogP contribution is -2.65. The van der Waals surface area contributed by atoms with Crippen molar-refractivity contribution in [2.24, 2.45) is 41.4 Å². The lowest BCUT2D eigenvalue weighted by molar-refractivity contribution is -0.356. The van der Waals surface area contributed by atoms with E-state index in [0.29, 0.717) is 18.4 Å². The summed E-state index contributed by atoms with van der Waals surface area (Å²) < 4.78 is 5.50. The first-order valence-electron chi connectivity index (χ1n) is 31.2. The van der Waals surface area contributed by atoms with Gasteiger partial charge in [-0.05, 0) is 69.8 Å². The molecule has 22 N–H and O–H groups in total. The highest BCUT2D eigenvalue weighted by molar-refractivity contribution is 6.27. The number of aliphatic hydroxyl groups excluding tert-OH is 20. The Bertz CT molecular complexity index is 2040. The molecule has 0 spiro atoms. The van der Waals surface area contributed by atoms with E-state index in [1.807, 2.05) is 13.8 Å². The molecular formula is C61H113NO24. The van der Waals surface area contributed by atoms with Gasteiger partial charge in [-0.25, -0.2) is 0 Å². The second-order valence-electron chi connectivity index (χ2n) is 26.0. The second kappa shape index (κ2) is 37.2. The van der Waals surface area contributed by atoms with Gasteiger partial charge in [-0.1, -0.05) is 106 Å². The SMILES string of the molecule is CCCCCCCCC[C@H](O)C[C@]1(O)O[C@H](C[C@@H](O)[C@@H](O)[C@@H](O)[C@H](O)[C@H](O)C[C@H](O)C[C@H](O)C[C@H](O)[C@H](C)[C@H](O)[C@H](C)[C@@H](O)C[C@H](O)[C@@H](C)[C@H](O)[C@@H](C)[C@H](O)[C@@H](C)[C@@H](O)[C@@H](O)C[C@@H](C)C[C@@H](C)/C=C(C)/C(O)=C2\C(=O)N[C@@H](C)C2=O)[C@@H](O)[C@H](O)[C@@H]1O. The van der Waals surface area contributed by atoms with Gasteiger partial charge in [0.05, 0.1) is 91.5 Å². The average molecular weight is 1240 g/mol. The van der Waals surface area contributed by atoms with Gasteiger partial charge in [0.1, 0.15) is 48.0 Å². The molecule has 0 unspecified atom stereocenters. The topological polar surface area (TPSA) is 480 Å². The summed E-state index contributed by atoms with van der Waals surface area (Å²) in [4.78, 5) is 24.5. The van der Waals surface area contributed by atoms with Gasteiger partial charge in [0, 0.05) is 48.9 Å². The molecule has 25 heteroatoms. The molecule has 29 atom stereocenters. The van der Waals surface area contributed by atoms with Crippen LogP contribution in [0.5, 0.6) is 0 Å². The first-order chi connectivity index (χ1) is 39.8. The van der Waals surface area contributed by atoms with E-state index in [9.17, 15) is 117 Å². The van der Waals surface area contributed by atoms with E-state index in [1.165, 1.54) is 41.5 Å². The van der Waals surface area contributed by atoms with Crippen LogP contribution in [0, 0.1) is 41.4 Å². The Hall–Kier alpha value is -2.42. The molecule has 2 aliphatic heterocycles. The molecule has 506 valence electrons. The van der Waals surface area contributed by atoms with Gasteiger partial charge >= 0.3 is 0 Å². The van der Waals surface area contributed by atoms with E-state index >= 15 is 0 Å². The van der Waals surface area contributed by atoms with Crippen LogP contribution in [0.4, 0.5) is 0 Å². The van der Waals surface area contributed by atoms with Gasteiger partial charge in [-0.3, -0.25) is 9.59 Å². The number of carbonyl (C=O) groups excluding carboxylic acids is 2. The van der Waals surface area contributed by atoms with Crippen molar-refractivity contribution in [2.45, 2.75) is 306 Å². The molecule has 2 aliphatic rings. The van der Waals surface area contributed by atoms with Crippen molar-refractivity contribution in [3.63, 3.8) is 0 Å². The monoisotopic (exact) mass is 1240 g/mol. The highest BCUT2D eigenvalue weighted by Crippen LogP contribution is 2.36. The Morgan fingerprint density at radius 3 is 1.51 bits per heavy atom. The normalized spacial score (nSPS) is 29.5. The second-order valence-corrected chi connectivity index (χ2v) is 26.0. The Morgan fingerprint density at radius 1 is 0.535 bits per heavy atom. The summed E-state index contributed by atoms with van der Waals surface area (Å²) in [6, 6.07) is -0.745. The van der Waals surface area contributed by atoms with Crippen molar-refractivity contribution < 1.29 is 122 Å². The minimum absolute atomic E-state index is 0.111. The summed E-state index contributed by atoms with van der Waals surface area (Å²) in [6.45, 7) is 16.2. The molecule has 1 amide bonds. The molecule has 0 aromatic rings. The molecule has 2 saturated heterocycles. The summed E-state index contributed by atoms with van der Waals surface area (Å²) >= 11 is 0. The van der Waals surface area contributed by atoms with Crippen molar-refractivity contribution >= 4 is 11.7 Å². The van der Waals surface area contributed by atoms with E-state index < -0.39 is 213 Å². The number of Topliss-reactive ketones (excluding diaryl/α,β-unsaturated/α-hetero) is 1. The molecule has 0 aromatic carbocycles. The van der Waals surface area contributed by atoms with Gasteiger partial charge in [-0.2, -0.15) is 0 Å². The Kier molecular flexibility index (Phi) is 34.4. The number of ketones is 1. The zero-order valence-corrected chi connectivity index (χ0v) is 52.2. The standard InChI is InChI=1S/C61H113NO24/c1-11-12-13-14-15-16-17-18-37(63)27-61(85)59(83)58(82)56(80)46(86-61)26-45(71)55(79)57(81)54(78)44(70)24-39(65)22-38(64)23-40(66)31(5)49(73)32(6)41(67)25-42(68)33(7)50(74)34(8)51(75)35(9)52(76)43(69)21-29(3)19-28(2)20-30(4)48(72)47-53(77)36(10)62-60(47)84/h20,28-29,31-46,49-52,54-59,63-76,78-83,85H,11-19,21-27H2,1-10H3,(H,62,84)/b30-20+,48-47+/t28-,29+,31+,32-,33-,34-,35-,36+,37+,38+,39-,40+,41+,42+,43+,44-,45-,46-,49+,50+,51+,52-,54-,55-,56-,57+,58+,59+,61+/m1/s1. The summed E-state index contributed by atoms with van der Waals surface area (Å²) in [5, 5.41) is 231. The molecule has 25 nitrogen and oxygen atoms in total. The summed E-state index contributed by atoms with van der Waals surface area (Å²) in [5.74, 6) is -9.46. The number of carbonyl (C=O) groups is 2. The number of allylic oxidation sites excluding steroid dienone is 2. The number of hydrogen-bond acceptors (Lipinski definition) is 24. The highest BCUT2D eigenvalue weighted by atomic mass is 16.7. The maximum Gasteiger partial charge on any atom is 0.259 e. The van der Waals surface area contributed by atoms with Crippen LogP contribution >= 0.6 is 0 Å². The van der Waals surface area contributed by atoms with Crippen molar-refractivity contribution in [1.82, 2.24) is 5.32 Å². The number of ether oxygens (including phenoxy) is 1.